The molecule has 1 N–H and O–H groups in total. The lowest BCUT2D eigenvalue weighted by Gasteiger charge is -2.31. The van der Waals surface area contributed by atoms with Crippen molar-refractivity contribution in [3.05, 3.63) is 54.1 Å². The summed E-state index contributed by atoms with van der Waals surface area (Å²) in [5.41, 5.74) is 1.12. The molecule has 0 bridgehead atoms. The second kappa shape index (κ2) is 7.89. The summed E-state index contributed by atoms with van der Waals surface area (Å²) in [6.07, 6.45) is -0.146. The molecule has 1 amide bonds. The van der Waals surface area contributed by atoms with E-state index in [9.17, 15) is 4.79 Å². The van der Waals surface area contributed by atoms with Gasteiger partial charge in [0.15, 0.2) is 11.5 Å². The number of likely N-dealkylation sites (N-methyl/N-ethyl adjacent to an activating group) is 1. The van der Waals surface area contributed by atoms with E-state index in [1.807, 2.05) is 43.1 Å². The maximum atomic E-state index is 12.5. The lowest BCUT2D eigenvalue weighted by atomic mass is 10.2. The molecule has 0 spiro atoms. The number of nitrogens with one attached hydrogen (secondary N) is 1. The molecular formula is C20H21N3O3. The predicted molar refractivity (Wildman–Crippen MR) is 98.2 cm³/mol. The van der Waals surface area contributed by atoms with Crippen molar-refractivity contribution in [1.29, 1.82) is 5.26 Å². The number of rotatable bonds is 5. The molecule has 0 radical (unpaired) electrons. The first-order chi connectivity index (χ1) is 12.6. The van der Waals surface area contributed by atoms with Gasteiger partial charge in [-0.15, -0.1) is 0 Å². The van der Waals surface area contributed by atoms with Gasteiger partial charge in [0, 0.05) is 12.2 Å². The molecule has 0 saturated carbocycles. The molecule has 2 atom stereocenters. The van der Waals surface area contributed by atoms with E-state index in [1.54, 1.807) is 24.3 Å². The minimum atomic E-state index is -0.360. The Kier molecular flexibility index (Phi) is 5.40. The Bertz CT molecular complexity index is 831. The van der Waals surface area contributed by atoms with E-state index in [2.05, 4.69) is 11.4 Å². The van der Waals surface area contributed by atoms with Gasteiger partial charge in [-0.2, -0.15) is 5.26 Å². The van der Waals surface area contributed by atoms with Gasteiger partial charge in [-0.3, -0.25) is 9.69 Å². The highest BCUT2D eigenvalue weighted by Gasteiger charge is 2.26. The van der Waals surface area contributed by atoms with Crippen LogP contribution in [0.3, 0.4) is 0 Å². The highest BCUT2D eigenvalue weighted by Crippen LogP contribution is 2.31. The third-order valence-electron chi connectivity index (χ3n) is 4.36. The first kappa shape index (κ1) is 17.8. The van der Waals surface area contributed by atoms with Crippen molar-refractivity contribution >= 4 is 11.6 Å². The van der Waals surface area contributed by atoms with Gasteiger partial charge >= 0.3 is 0 Å². The van der Waals surface area contributed by atoms with E-state index in [-0.39, 0.29) is 18.1 Å². The molecule has 0 aromatic heterocycles. The van der Waals surface area contributed by atoms with Gasteiger partial charge in [0.2, 0.25) is 5.91 Å². The third kappa shape index (κ3) is 4.13. The number of fused-ring (bicyclic) bond motifs is 1. The van der Waals surface area contributed by atoms with Gasteiger partial charge in [-0.25, -0.2) is 0 Å². The highest BCUT2D eigenvalue weighted by atomic mass is 16.6. The number of benzene rings is 2. The van der Waals surface area contributed by atoms with Crippen molar-refractivity contribution in [2.45, 2.75) is 19.1 Å². The second-order valence-electron chi connectivity index (χ2n) is 6.30. The SMILES string of the molecule is C[C@@H](C(=O)Nc1cccc(C#N)c1)N(C)C[C@H]1COc2ccccc2O1. The molecule has 1 aliphatic rings. The highest BCUT2D eigenvalue weighted by molar-refractivity contribution is 5.94. The zero-order valence-electron chi connectivity index (χ0n) is 14.8. The Morgan fingerprint density at radius 2 is 2.08 bits per heavy atom. The average Bonchev–Trinajstić information content (AvgIpc) is 2.67. The lowest BCUT2D eigenvalue weighted by molar-refractivity contribution is -0.120. The molecule has 0 unspecified atom stereocenters. The Balaban J connectivity index is 1.56. The predicted octanol–water partition coefficient (Wildman–Crippen LogP) is 2.66. The van der Waals surface area contributed by atoms with Crippen LogP contribution in [-0.4, -0.2) is 43.2 Å². The Labute approximate surface area is 152 Å². The van der Waals surface area contributed by atoms with Crippen molar-refractivity contribution in [2.24, 2.45) is 0 Å². The summed E-state index contributed by atoms with van der Waals surface area (Å²) in [5.74, 6) is 1.33. The molecule has 134 valence electrons. The number of nitrogens with zero attached hydrogens (tertiary/aromatic N) is 2. The number of carbonyl (C=O) groups excluding carboxylic acids is 1. The van der Waals surface area contributed by atoms with Gasteiger partial charge in [-0.05, 0) is 44.3 Å². The number of carbonyl (C=O) groups is 1. The van der Waals surface area contributed by atoms with Crippen LogP contribution in [-0.2, 0) is 4.79 Å². The summed E-state index contributed by atoms with van der Waals surface area (Å²) >= 11 is 0. The van der Waals surface area contributed by atoms with Gasteiger partial charge in [-0.1, -0.05) is 18.2 Å². The van der Waals surface area contributed by atoms with Crippen LogP contribution < -0.4 is 14.8 Å². The van der Waals surface area contributed by atoms with E-state index in [1.165, 1.54) is 0 Å². The molecule has 0 saturated heterocycles. The van der Waals surface area contributed by atoms with Crippen molar-refractivity contribution in [2.75, 3.05) is 25.5 Å². The number of nitriles is 1. The second-order valence-corrected chi connectivity index (χ2v) is 6.30. The zero-order chi connectivity index (χ0) is 18.5. The molecule has 2 aromatic rings. The number of anilines is 1. The average molecular weight is 351 g/mol. The van der Waals surface area contributed by atoms with Crippen molar-refractivity contribution in [1.82, 2.24) is 4.90 Å². The topological polar surface area (TPSA) is 74.6 Å². The van der Waals surface area contributed by atoms with Gasteiger partial charge < -0.3 is 14.8 Å². The first-order valence-electron chi connectivity index (χ1n) is 8.46. The molecule has 6 nitrogen and oxygen atoms in total. The standard InChI is InChI=1S/C20H21N3O3/c1-14(20(24)22-16-7-5-6-15(10-16)11-21)23(2)12-17-13-25-18-8-3-4-9-19(18)26-17/h3-10,14,17H,12-13H2,1-2H3,(H,22,24)/t14-,17-/m0/s1. The minimum absolute atomic E-state index is 0.139. The largest absolute Gasteiger partial charge is 0.486 e. The fraction of sp³-hybridized carbons (Fsp3) is 0.300. The molecule has 0 fully saturated rings. The summed E-state index contributed by atoms with van der Waals surface area (Å²) in [4.78, 5) is 14.4. The van der Waals surface area contributed by atoms with Crippen LogP contribution in [0.5, 0.6) is 11.5 Å². The molecule has 0 aliphatic carbocycles. The van der Waals surface area contributed by atoms with Crippen molar-refractivity contribution in [3.8, 4) is 17.6 Å². The number of hydrogen-bond acceptors (Lipinski definition) is 5. The fourth-order valence-electron chi connectivity index (χ4n) is 2.75. The number of hydrogen-bond donors (Lipinski definition) is 1. The Morgan fingerprint density at radius 1 is 1.31 bits per heavy atom. The van der Waals surface area contributed by atoms with Crippen LogP contribution in [0, 0.1) is 11.3 Å². The summed E-state index contributed by atoms with van der Waals surface area (Å²) in [6.45, 7) is 2.84. The minimum Gasteiger partial charge on any atom is -0.486 e. The van der Waals surface area contributed by atoms with Crippen LogP contribution in [0.2, 0.25) is 0 Å². The zero-order valence-corrected chi connectivity index (χ0v) is 14.8. The maximum Gasteiger partial charge on any atom is 0.241 e. The number of amides is 1. The van der Waals surface area contributed by atoms with Crippen LogP contribution in [0.25, 0.3) is 0 Å². The van der Waals surface area contributed by atoms with E-state index in [0.717, 1.165) is 11.5 Å². The van der Waals surface area contributed by atoms with Gasteiger partial charge in [0.25, 0.3) is 0 Å². The Morgan fingerprint density at radius 3 is 2.85 bits per heavy atom. The first-order valence-corrected chi connectivity index (χ1v) is 8.46. The van der Waals surface area contributed by atoms with E-state index < -0.39 is 0 Å². The molecule has 1 heterocycles. The summed E-state index contributed by atoms with van der Waals surface area (Å²) < 4.78 is 11.7. The molecular weight excluding hydrogens is 330 g/mol. The summed E-state index contributed by atoms with van der Waals surface area (Å²) in [5, 5.41) is 11.8. The van der Waals surface area contributed by atoms with E-state index in [0.29, 0.717) is 24.4 Å². The number of para-hydroxylation sites is 2. The monoisotopic (exact) mass is 351 g/mol. The van der Waals surface area contributed by atoms with Crippen molar-refractivity contribution < 1.29 is 14.3 Å². The summed E-state index contributed by atoms with van der Waals surface area (Å²) in [7, 11) is 1.87. The third-order valence-corrected chi connectivity index (χ3v) is 4.36. The quantitative estimate of drug-likeness (QED) is 0.896. The lowest BCUT2D eigenvalue weighted by Crippen LogP contribution is -2.46. The maximum absolute atomic E-state index is 12.5. The molecule has 26 heavy (non-hydrogen) atoms. The van der Waals surface area contributed by atoms with E-state index in [4.69, 9.17) is 14.7 Å². The van der Waals surface area contributed by atoms with Gasteiger partial charge in [0.1, 0.15) is 12.7 Å². The van der Waals surface area contributed by atoms with Crippen molar-refractivity contribution in [3.63, 3.8) is 0 Å². The normalized spacial score (nSPS) is 16.6. The van der Waals surface area contributed by atoms with Crippen LogP contribution in [0.1, 0.15) is 12.5 Å². The molecule has 6 heteroatoms. The van der Waals surface area contributed by atoms with Crippen LogP contribution >= 0.6 is 0 Å². The van der Waals surface area contributed by atoms with E-state index >= 15 is 0 Å². The summed E-state index contributed by atoms with van der Waals surface area (Å²) in [6, 6.07) is 16.1. The van der Waals surface area contributed by atoms with Crippen LogP contribution in [0.15, 0.2) is 48.5 Å². The van der Waals surface area contributed by atoms with Gasteiger partial charge in [0.05, 0.1) is 17.7 Å². The fourth-order valence-corrected chi connectivity index (χ4v) is 2.75. The van der Waals surface area contributed by atoms with Crippen LogP contribution in [0.4, 0.5) is 5.69 Å². The number of ether oxygens (including phenoxy) is 2. The molecule has 1 aliphatic heterocycles. The smallest absolute Gasteiger partial charge is 0.241 e. The molecule has 3 rings (SSSR count). The molecule has 2 aromatic carbocycles. The Hall–Kier alpha value is -3.04.